The second kappa shape index (κ2) is 9.36. The molecule has 0 aliphatic heterocycles. The molecule has 1 nitrogen and oxygen atoms in total. The zero-order valence-corrected chi connectivity index (χ0v) is 16.1. The monoisotopic (exact) mass is 358 g/mol. The molecule has 2 aromatic carbocycles. The van der Waals surface area contributed by atoms with Gasteiger partial charge in [-0.3, -0.25) is 0 Å². The average Bonchev–Trinajstić information content (AvgIpc) is 2.63. The summed E-state index contributed by atoms with van der Waals surface area (Å²) in [5, 5.41) is 9.60. The van der Waals surface area contributed by atoms with Gasteiger partial charge in [-0.2, -0.15) is 0 Å². The van der Waals surface area contributed by atoms with Gasteiger partial charge in [0.25, 0.3) is 0 Å². The molecule has 24 heavy (non-hydrogen) atoms. The van der Waals surface area contributed by atoms with E-state index in [0.717, 1.165) is 19.3 Å². The molecule has 0 unspecified atom stereocenters. The Balaban J connectivity index is 2.21. The maximum absolute atomic E-state index is 9.60. The van der Waals surface area contributed by atoms with Crippen molar-refractivity contribution < 1.29 is 5.11 Å². The molecule has 3 heteroatoms. The highest BCUT2D eigenvalue weighted by molar-refractivity contribution is 7.98. The van der Waals surface area contributed by atoms with Crippen LogP contribution in [0.2, 0.25) is 0 Å². The lowest BCUT2D eigenvalue weighted by molar-refractivity contribution is 0.217. The smallest absolute Gasteiger partial charge is 0.0439 e. The van der Waals surface area contributed by atoms with Crippen molar-refractivity contribution in [2.75, 3.05) is 19.1 Å². The van der Waals surface area contributed by atoms with Crippen molar-refractivity contribution in [2.24, 2.45) is 5.41 Å². The van der Waals surface area contributed by atoms with E-state index < -0.39 is 0 Å². The van der Waals surface area contributed by atoms with Crippen LogP contribution in [0, 0.1) is 5.41 Å². The van der Waals surface area contributed by atoms with Crippen molar-refractivity contribution in [2.45, 2.75) is 29.1 Å². The highest BCUT2D eigenvalue weighted by Crippen LogP contribution is 2.34. The molecule has 0 amide bonds. The lowest BCUT2D eigenvalue weighted by Gasteiger charge is -2.30. The summed E-state index contributed by atoms with van der Waals surface area (Å²) in [5.74, 6) is 0. The third kappa shape index (κ3) is 5.17. The number of rotatable bonds is 9. The van der Waals surface area contributed by atoms with Crippen LogP contribution in [0.3, 0.4) is 0 Å². The Morgan fingerprint density at radius 1 is 0.875 bits per heavy atom. The Labute approximate surface area is 154 Å². The first-order valence-electron chi connectivity index (χ1n) is 8.15. The number of allylic oxidation sites excluding steroid dienone is 1. The summed E-state index contributed by atoms with van der Waals surface area (Å²) in [6.07, 6.45) is 8.74. The Bertz CT molecular complexity index is 582. The minimum absolute atomic E-state index is 0.115. The molecule has 0 bridgehead atoms. The van der Waals surface area contributed by atoms with Gasteiger partial charge in [-0.25, -0.2) is 0 Å². The fourth-order valence-electron chi connectivity index (χ4n) is 3.01. The molecule has 2 rings (SSSR count). The molecule has 0 atom stereocenters. The summed E-state index contributed by atoms with van der Waals surface area (Å²) >= 11 is 3.51. The number of benzene rings is 2. The van der Waals surface area contributed by atoms with Gasteiger partial charge in [-0.15, -0.1) is 30.1 Å². The Hall–Kier alpha value is -1.16. The molecular formula is C21H26OS2. The van der Waals surface area contributed by atoms with E-state index in [-0.39, 0.29) is 12.0 Å². The molecular weight excluding hydrogens is 332 g/mol. The first kappa shape index (κ1) is 19.2. The normalized spacial score (nSPS) is 11.5. The summed E-state index contributed by atoms with van der Waals surface area (Å²) in [7, 11) is 0. The molecule has 0 spiro atoms. The van der Waals surface area contributed by atoms with E-state index >= 15 is 0 Å². The minimum atomic E-state index is -0.115. The largest absolute Gasteiger partial charge is 0.396 e. The van der Waals surface area contributed by atoms with Crippen LogP contribution in [0.5, 0.6) is 0 Å². The molecule has 0 aliphatic carbocycles. The zero-order chi connectivity index (χ0) is 17.4. The van der Waals surface area contributed by atoms with Crippen LogP contribution in [0.25, 0.3) is 0 Å². The van der Waals surface area contributed by atoms with Crippen LogP contribution in [-0.2, 0) is 12.8 Å². The molecule has 0 aromatic heterocycles. The first-order valence-corrected chi connectivity index (χ1v) is 10.6. The van der Waals surface area contributed by atoms with Crippen molar-refractivity contribution in [1.82, 2.24) is 0 Å². The quantitative estimate of drug-likeness (QED) is 0.474. The molecule has 0 saturated carbocycles. The van der Waals surface area contributed by atoms with Crippen LogP contribution >= 0.6 is 23.5 Å². The maximum Gasteiger partial charge on any atom is 0.0439 e. The van der Waals surface area contributed by atoms with Crippen molar-refractivity contribution in [1.29, 1.82) is 0 Å². The van der Waals surface area contributed by atoms with Crippen LogP contribution in [-0.4, -0.2) is 24.2 Å². The van der Waals surface area contributed by atoms with Gasteiger partial charge in [0.2, 0.25) is 0 Å². The summed E-state index contributed by atoms with van der Waals surface area (Å²) in [6.45, 7) is 4.27. The summed E-state index contributed by atoms with van der Waals surface area (Å²) in [4.78, 5) is 2.55. The fraction of sp³-hybridized carbons (Fsp3) is 0.333. The number of aliphatic hydroxyl groups is 1. The van der Waals surface area contributed by atoms with E-state index in [1.165, 1.54) is 20.9 Å². The van der Waals surface area contributed by atoms with Gasteiger partial charge >= 0.3 is 0 Å². The van der Waals surface area contributed by atoms with E-state index in [1.54, 1.807) is 23.5 Å². The SMILES string of the molecule is C=CC(CCO)(Cc1ccc(SC)cc1)Cc1ccc(SC)cc1. The summed E-state index contributed by atoms with van der Waals surface area (Å²) < 4.78 is 0. The van der Waals surface area contributed by atoms with Crippen molar-refractivity contribution in [3.8, 4) is 0 Å². The van der Waals surface area contributed by atoms with Gasteiger partial charge in [-0.1, -0.05) is 30.3 Å². The van der Waals surface area contributed by atoms with Crippen LogP contribution in [0.15, 0.2) is 71.0 Å². The Morgan fingerprint density at radius 2 is 1.29 bits per heavy atom. The van der Waals surface area contributed by atoms with Crippen molar-refractivity contribution >= 4 is 23.5 Å². The van der Waals surface area contributed by atoms with E-state index in [1.807, 2.05) is 6.08 Å². The number of hydrogen-bond donors (Lipinski definition) is 1. The number of aliphatic hydroxyl groups excluding tert-OH is 1. The molecule has 0 fully saturated rings. The topological polar surface area (TPSA) is 20.2 Å². The standard InChI is InChI=1S/C21H26OS2/c1-4-21(13-14-22,15-17-5-9-19(23-2)10-6-17)16-18-7-11-20(24-3)12-8-18/h4-12,22H,1,13-16H2,2-3H3. The number of hydrogen-bond acceptors (Lipinski definition) is 3. The van der Waals surface area contributed by atoms with Gasteiger partial charge in [0.1, 0.15) is 0 Å². The van der Waals surface area contributed by atoms with E-state index in [2.05, 4.69) is 67.6 Å². The molecule has 0 aliphatic rings. The van der Waals surface area contributed by atoms with E-state index in [4.69, 9.17) is 0 Å². The summed E-state index contributed by atoms with van der Waals surface area (Å²) in [5.41, 5.74) is 2.47. The molecule has 0 heterocycles. The second-order valence-electron chi connectivity index (χ2n) is 6.09. The van der Waals surface area contributed by atoms with Crippen LogP contribution < -0.4 is 0 Å². The van der Waals surface area contributed by atoms with Gasteiger partial charge in [0, 0.05) is 16.4 Å². The lowest BCUT2D eigenvalue weighted by Crippen LogP contribution is -2.25. The predicted octanol–water partition coefficient (Wildman–Crippen LogP) is 5.47. The van der Waals surface area contributed by atoms with Gasteiger partial charge in [0.15, 0.2) is 0 Å². The number of thioether (sulfide) groups is 2. The molecule has 128 valence electrons. The van der Waals surface area contributed by atoms with E-state index in [0.29, 0.717) is 0 Å². The molecule has 1 N–H and O–H groups in total. The van der Waals surface area contributed by atoms with Gasteiger partial charge < -0.3 is 5.11 Å². The second-order valence-corrected chi connectivity index (χ2v) is 7.85. The molecule has 0 saturated heterocycles. The predicted molar refractivity (Wildman–Crippen MR) is 108 cm³/mol. The van der Waals surface area contributed by atoms with Crippen molar-refractivity contribution in [3.63, 3.8) is 0 Å². The first-order chi connectivity index (χ1) is 11.6. The minimum Gasteiger partial charge on any atom is -0.396 e. The van der Waals surface area contributed by atoms with Gasteiger partial charge in [-0.05, 0) is 72.6 Å². The van der Waals surface area contributed by atoms with Crippen LogP contribution in [0.4, 0.5) is 0 Å². The lowest BCUT2D eigenvalue weighted by atomic mass is 9.74. The Morgan fingerprint density at radius 3 is 1.58 bits per heavy atom. The zero-order valence-electron chi connectivity index (χ0n) is 14.5. The highest BCUT2D eigenvalue weighted by Gasteiger charge is 2.27. The van der Waals surface area contributed by atoms with Crippen molar-refractivity contribution in [3.05, 3.63) is 72.3 Å². The third-order valence-electron chi connectivity index (χ3n) is 4.47. The van der Waals surface area contributed by atoms with E-state index in [9.17, 15) is 5.11 Å². The van der Waals surface area contributed by atoms with Gasteiger partial charge in [0.05, 0.1) is 0 Å². The highest BCUT2D eigenvalue weighted by atomic mass is 32.2. The van der Waals surface area contributed by atoms with Crippen LogP contribution in [0.1, 0.15) is 17.5 Å². The molecule has 2 aromatic rings. The maximum atomic E-state index is 9.60. The molecule has 0 radical (unpaired) electrons. The fourth-order valence-corrected chi connectivity index (χ4v) is 3.82. The summed E-state index contributed by atoms with van der Waals surface area (Å²) in [6, 6.07) is 17.4. The third-order valence-corrected chi connectivity index (χ3v) is 5.96. The Kier molecular flexibility index (Phi) is 7.47. The average molecular weight is 359 g/mol.